The van der Waals surface area contributed by atoms with Gasteiger partial charge in [0, 0.05) is 28.5 Å². The van der Waals surface area contributed by atoms with Crippen LogP contribution in [0.2, 0.25) is 0 Å². The number of halogens is 4. The molecule has 8 heteroatoms. The SMILES string of the molecule is FC(F)(F)c1ccc2c(N3CCOCC3)nc(-c3ccc(Br)cc3)nc2c1. The van der Waals surface area contributed by atoms with Gasteiger partial charge in [0.2, 0.25) is 0 Å². The predicted octanol–water partition coefficient (Wildman–Crippen LogP) is 4.91. The highest BCUT2D eigenvalue weighted by Gasteiger charge is 2.31. The van der Waals surface area contributed by atoms with E-state index in [1.165, 1.54) is 6.07 Å². The number of morpholine rings is 1. The maximum Gasteiger partial charge on any atom is 0.416 e. The molecule has 3 aromatic rings. The monoisotopic (exact) mass is 437 g/mol. The van der Waals surface area contributed by atoms with E-state index in [4.69, 9.17) is 4.74 Å². The summed E-state index contributed by atoms with van der Waals surface area (Å²) in [7, 11) is 0. The van der Waals surface area contributed by atoms with Crippen molar-refractivity contribution in [3.63, 3.8) is 0 Å². The van der Waals surface area contributed by atoms with Gasteiger partial charge in [-0.05, 0) is 30.3 Å². The molecule has 0 amide bonds. The summed E-state index contributed by atoms with van der Waals surface area (Å²) >= 11 is 3.38. The third kappa shape index (κ3) is 3.77. The third-order valence-corrected chi connectivity index (χ3v) is 4.95. The van der Waals surface area contributed by atoms with Gasteiger partial charge in [-0.15, -0.1) is 0 Å². The minimum atomic E-state index is -4.42. The standard InChI is InChI=1S/C19H15BrF3N3O/c20-14-4-1-12(2-5-14)17-24-16-11-13(19(21,22)23)3-6-15(16)18(25-17)26-7-9-27-10-8-26/h1-6,11H,7-10H2. The lowest BCUT2D eigenvalue weighted by Gasteiger charge is -2.29. The molecular weight excluding hydrogens is 423 g/mol. The molecule has 1 aliphatic heterocycles. The van der Waals surface area contributed by atoms with E-state index in [0.29, 0.717) is 43.3 Å². The van der Waals surface area contributed by atoms with Gasteiger partial charge in [-0.1, -0.05) is 28.1 Å². The largest absolute Gasteiger partial charge is 0.416 e. The fourth-order valence-electron chi connectivity index (χ4n) is 3.03. The molecule has 0 atom stereocenters. The van der Waals surface area contributed by atoms with E-state index in [2.05, 4.69) is 25.9 Å². The number of hydrogen-bond donors (Lipinski definition) is 0. The Morgan fingerprint density at radius 3 is 2.33 bits per heavy atom. The summed E-state index contributed by atoms with van der Waals surface area (Å²) in [5.41, 5.74) is 0.301. The van der Waals surface area contributed by atoms with Crippen LogP contribution in [0, 0.1) is 0 Å². The second-order valence-corrected chi connectivity index (χ2v) is 7.12. The topological polar surface area (TPSA) is 38.2 Å². The Balaban J connectivity index is 1.91. The molecule has 0 radical (unpaired) electrons. The first-order valence-electron chi connectivity index (χ1n) is 8.39. The van der Waals surface area contributed by atoms with Gasteiger partial charge in [-0.3, -0.25) is 0 Å². The van der Waals surface area contributed by atoms with Gasteiger partial charge in [-0.2, -0.15) is 13.2 Å². The average molecular weight is 438 g/mol. The summed E-state index contributed by atoms with van der Waals surface area (Å²) in [6, 6.07) is 11.0. The zero-order valence-electron chi connectivity index (χ0n) is 14.1. The molecule has 1 aliphatic rings. The van der Waals surface area contributed by atoms with E-state index in [1.807, 2.05) is 29.2 Å². The number of nitrogens with zero attached hydrogens (tertiary/aromatic N) is 3. The molecule has 0 N–H and O–H groups in total. The molecule has 2 heterocycles. The number of rotatable bonds is 2. The molecule has 4 nitrogen and oxygen atoms in total. The number of hydrogen-bond acceptors (Lipinski definition) is 4. The molecule has 140 valence electrons. The van der Waals surface area contributed by atoms with Gasteiger partial charge in [0.25, 0.3) is 0 Å². The highest BCUT2D eigenvalue weighted by molar-refractivity contribution is 9.10. The molecule has 2 aromatic carbocycles. The van der Waals surface area contributed by atoms with Gasteiger partial charge in [0.15, 0.2) is 5.82 Å². The number of benzene rings is 2. The Morgan fingerprint density at radius 2 is 1.67 bits per heavy atom. The van der Waals surface area contributed by atoms with Crippen LogP contribution in [0.25, 0.3) is 22.3 Å². The molecule has 1 aromatic heterocycles. The highest BCUT2D eigenvalue weighted by atomic mass is 79.9. The zero-order chi connectivity index (χ0) is 19.0. The van der Waals surface area contributed by atoms with E-state index in [1.54, 1.807) is 0 Å². The average Bonchev–Trinajstić information content (AvgIpc) is 2.67. The van der Waals surface area contributed by atoms with Crippen molar-refractivity contribution in [2.45, 2.75) is 6.18 Å². The number of anilines is 1. The van der Waals surface area contributed by atoms with Crippen LogP contribution in [0.5, 0.6) is 0 Å². The number of fused-ring (bicyclic) bond motifs is 1. The Morgan fingerprint density at radius 1 is 0.963 bits per heavy atom. The van der Waals surface area contributed by atoms with E-state index >= 15 is 0 Å². The summed E-state index contributed by atoms with van der Waals surface area (Å²) in [4.78, 5) is 11.1. The summed E-state index contributed by atoms with van der Waals surface area (Å²) in [5, 5.41) is 0.603. The van der Waals surface area contributed by atoms with E-state index in [-0.39, 0.29) is 5.52 Å². The molecular formula is C19H15BrF3N3O. The maximum absolute atomic E-state index is 13.2. The number of alkyl halides is 3. The summed E-state index contributed by atoms with van der Waals surface area (Å²) < 4.78 is 45.8. The smallest absolute Gasteiger partial charge is 0.378 e. The molecule has 27 heavy (non-hydrogen) atoms. The van der Waals surface area contributed by atoms with Crippen LogP contribution < -0.4 is 4.90 Å². The van der Waals surface area contributed by atoms with Crippen molar-refractivity contribution in [2.75, 3.05) is 31.2 Å². The zero-order valence-corrected chi connectivity index (χ0v) is 15.7. The third-order valence-electron chi connectivity index (χ3n) is 4.42. The molecule has 0 spiro atoms. The van der Waals surface area contributed by atoms with Crippen LogP contribution in [0.15, 0.2) is 46.9 Å². The molecule has 1 saturated heterocycles. The van der Waals surface area contributed by atoms with Crippen molar-refractivity contribution in [3.8, 4) is 11.4 Å². The molecule has 0 saturated carbocycles. The number of aromatic nitrogens is 2. The first-order valence-corrected chi connectivity index (χ1v) is 9.19. The lowest BCUT2D eigenvalue weighted by Crippen LogP contribution is -2.37. The Bertz CT molecular complexity index is 970. The summed E-state index contributed by atoms with van der Waals surface area (Å²) in [6.07, 6.45) is -4.42. The molecule has 4 rings (SSSR count). The van der Waals surface area contributed by atoms with Crippen molar-refractivity contribution >= 4 is 32.7 Å². The van der Waals surface area contributed by atoms with Crippen LogP contribution in [-0.4, -0.2) is 36.3 Å². The van der Waals surface area contributed by atoms with Crippen molar-refractivity contribution in [1.29, 1.82) is 0 Å². The lowest BCUT2D eigenvalue weighted by atomic mass is 10.1. The molecule has 0 bridgehead atoms. The summed E-state index contributed by atoms with van der Waals surface area (Å²) in [5.74, 6) is 1.03. The maximum atomic E-state index is 13.2. The van der Waals surface area contributed by atoms with Crippen LogP contribution in [0.1, 0.15) is 5.56 Å². The normalized spacial score (nSPS) is 15.3. The molecule has 0 aliphatic carbocycles. The van der Waals surface area contributed by atoms with Crippen LogP contribution in [0.4, 0.5) is 19.0 Å². The van der Waals surface area contributed by atoms with Gasteiger partial charge in [-0.25, -0.2) is 9.97 Å². The Hall–Kier alpha value is -2.19. The quantitative estimate of drug-likeness (QED) is 0.570. The minimum absolute atomic E-state index is 0.277. The second kappa shape index (κ2) is 7.09. The van der Waals surface area contributed by atoms with Gasteiger partial charge in [0.05, 0.1) is 24.3 Å². The van der Waals surface area contributed by atoms with Gasteiger partial charge < -0.3 is 9.64 Å². The van der Waals surface area contributed by atoms with E-state index in [9.17, 15) is 13.2 Å². The van der Waals surface area contributed by atoms with Crippen molar-refractivity contribution < 1.29 is 17.9 Å². The highest BCUT2D eigenvalue weighted by Crippen LogP contribution is 2.34. The van der Waals surface area contributed by atoms with Crippen molar-refractivity contribution in [2.24, 2.45) is 0 Å². The summed E-state index contributed by atoms with van der Waals surface area (Å²) in [6.45, 7) is 2.37. The molecule has 1 fully saturated rings. The predicted molar refractivity (Wildman–Crippen MR) is 101 cm³/mol. The van der Waals surface area contributed by atoms with Crippen LogP contribution in [0.3, 0.4) is 0 Å². The van der Waals surface area contributed by atoms with Gasteiger partial charge >= 0.3 is 6.18 Å². The molecule has 0 unspecified atom stereocenters. The number of ether oxygens (including phenoxy) is 1. The first kappa shape index (κ1) is 18.2. The van der Waals surface area contributed by atoms with Crippen molar-refractivity contribution in [1.82, 2.24) is 9.97 Å². The van der Waals surface area contributed by atoms with Crippen LogP contribution >= 0.6 is 15.9 Å². The van der Waals surface area contributed by atoms with Crippen LogP contribution in [-0.2, 0) is 10.9 Å². The lowest BCUT2D eigenvalue weighted by molar-refractivity contribution is -0.137. The fourth-order valence-corrected chi connectivity index (χ4v) is 3.30. The Kier molecular flexibility index (Phi) is 4.77. The first-order chi connectivity index (χ1) is 12.9. The van der Waals surface area contributed by atoms with Crippen molar-refractivity contribution in [3.05, 3.63) is 52.5 Å². The second-order valence-electron chi connectivity index (χ2n) is 6.21. The van der Waals surface area contributed by atoms with E-state index < -0.39 is 11.7 Å². The minimum Gasteiger partial charge on any atom is -0.378 e. The Labute approximate surface area is 162 Å². The van der Waals surface area contributed by atoms with Gasteiger partial charge in [0.1, 0.15) is 5.82 Å². The fraction of sp³-hybridized carbons (Fsp3) is 0.263. The van der Waals surface area contributed by atoms with E-state index in [0.717, 1.165) is 22.2 Å².